The maximum absolute atomic E-state index is 12.8. The molecule has 0 aromatic carbocycles. The van der Waals surface area contributed by atoms with Gasteiger partial charge in [0, 0.05) is 19.3 Å². The van der Waals surface area contributed by atoms with E-state index in [4.69, 9.17) is 14.2 Å². The molecule has 0 saturated heterocycles. The summed E-state index contributed by atoms with van der Waals surface area (Å²) >= 11 is 0. The number of allylic oxidation sites excluding steroid dienone is 18. The molecule has 6 nitrogen and oxygen atoms in total. The van der Waals surface area contributed by atoms with Crippen molar-refractivity contribution in [2.24, 2.45) is 0 Å². The van der Waals surface area contributed by atoms with E-state index in [1.807, 2.05) is 6.08 Å². The minimum absolute atomic E-state index is 0.112. The van der Waals surface area contributed by atoms with Gasteiger partial charge in [-0.15, -0.1) is 0 Å². The Morgan fingerprint density at radius 1 is 0.324 bits per heavy atom. The maximum atomic E-state index is 12.8. The maximum Gasteiger partial charge on any atom is 0.306 e. The minimum atomic E-state index is -0.820. The molecule has 386 valence electrons. The molecule has 0 amide bonds. The molecule has 0 aromatic heterocycles. The fraction of sp³-hybridized carbons (Fsp3) is 0.661. The second-order valence-electron chi connectivity index (χ2n) is 18.1. The molecule has 0 aliphatic rings. The third-order valence-electron chi connectivity index (χ3n) is 11.5. The Bertz CT molecular complexity index is 1410. The van der Waals surface area contributed by atoms with Gasteiger partial charge in [0.25, 0.3) is 0 Å². The van der Waals surface area contributed by atoms with Crippen LogP contribution in [0, 0.1) is 0 Å². The van der Waals surface area contributed by atoms with Crippen LogP contribution < -0.4 is 0 Å². The van der Waals surface area contributed by atoms with Crippen molar-refractivity contribution in [2.45, 2.75) is 252 Å². The Balaban J connectivity index is 4.54. The van der Waals surface area contributed by atoms with Crippen molar-refractivity contribution in [1.29, 1.82) is 0 Å². The smallest absolute Gasteiger partial charge is 0.306 e. The first-order chi connectivity index (χ1) is 33.5. The summed E-state index contributed by atoms with van der Waals surface area (Å²) in [7, 11) is 0. The summed E-state index contributed by atoms with van der Waals surface area (Å²) in [5.74, 6) is -1.02. The normalized spacial score (nSPS) is 12.9. The van der Waals surface area contributed by atoms with Gasteiger partial charge < -0.3 is 14.2 Å². The van der Waals surface area contributed by atoms with E-state index < -0.39 is 6.10 Å². The molecule has 68 heavy (non-hydrogen) atoms. The van der Waals surface area contributed by atoms with Gasteiger partial charge in [-0.1, -0.05) is 226 Å². The van der Waals surface area contributed by atoms with Gasteiger partial charge in [0.05, 0.1) is 0 Å². The van der Waals surface area contributed by atoms with E-state index in [9.17, 15) is 14.4 Å². The van der Waals surface area contributed by atoms with Crippen LogP contribution in [-0.4, -0.2) is 37.2 Å². The largest absolute Gasteiger partial charge is 0.462 e. The predicted molar refractivity (Wildman–Crippen MR) is 293 cm³/mol. The van der Waals surface area contributed by atoms with Crippen LogP contribution in [0.25, 0.3) is 0 Å². The van der Waals surface area contributed by atoms with Gasteiger partial charge in [0.2, 0.25) is 0 Å². The lowest BCUT2D eigenvalue weighted by molar-refractivity contribution is -0.166. The van der Waals surface area contributed by atoms with Gasteiger partial charge in [-0.05, 0) is 109 Å². The third-order valence-corrected chi connectivity index (χ3v) is 11.5. The molecule has 0 radical (unpaired) electrons. The van der Waals surface area contributed by atoms with Crippen LogP contribution in [0.4, 0.5) is 0 Å². The van der Waals surface area contributed by atoms with Crippen LogP contribution in [0.3, 0.4) is 0 Å². The summed E-state index contributed by atoms with van der Waals surface area (Å²) in [6.45, 7) is 6.41. The number of unbranched alkanes of at least 4 members (excludes halogenated alkanes) is 21. The van der Waals surface area contributed by atoms with Crippen LogP contribution in [0.15, 0.2) is 109 Å². The summed E-state index contributed by atoms with van der Waals surface area (Å²) in [6, 6.07) is 0. The summed E-state index contributed by atoms with van der Waals surface area (Å²) in [4.78, 5) is 38.1. The Labute approximate surface area is 419 Å². The van der Waals surface area contributed by atoms with Crippen molar-refractivity contribution in [2.75, 3.05) is 13.2 Å². The molecular weight excluding hydrogens is 841 g/mol. The fourth-order valence-corrected chi connectivity index (χ4v) is 7.34. The monoisotopic (exact) mass is 943 g/mol. The molecule has 0 spiro atoms. The second-order valence-corrected chi connectivity index (χ2v) is 18.1. The topological polar surface area (TPSA) is 78.9 Å². The zero-order valence-electron chi connectivity index (χ0n) is 44.1. The molecule has 0 aliphatic carbocycles. The molecule has 0 heterocycles. The van der Waals surface area contributed by atoms with Gasteiger partial charge in [-0.2, -0.15) is 0 Å². The number of esters is 3. The predicted octanol–water partition coefficient (Wildman–Crippen LogP) is 18.7. The number of carbonyl (C=O) groups excluding carboxylic acids is 3. The van der Waals surface area contributed by atoms with E-state index in [0.29, 0.717) is 19.3 Å². The van der Waals surface area contributed by atoms with E-state index >= 15 is 0 Å². The molecule has 0 aromatic rings. The number of carbonyl (C=O) groups is 3. The first kappa shape index (κ1) is 64.1. The lowest BCUT2D eigenvalue weighted by Gasteiger charge is -2.18. The van der Waals surface area contributed by atoms with Crippen LogP contribution >= 0.6 is 0 Å². The quantitative estimate of drug-likeness (QED) is 0.0199. The molecule has 6 heteroatoms. The van der Waals surface area contributed by atoms with E-state index in [0.717, 1.165) is 103 Å². The van der Waals surface area contributed by atoms with Gasteiger partial charge >= 0.3 is 17.9 Å². The van der Waals surface area contributed by atoms with Crippen LogP contribution in [-0.2, 0) is 28.6 Å². The summed E-state index contributed by atoms with van der Waals surface area (Å²) in [5, 5.41) is 0. The molecule has 0 fully saturated rings. The van der Waals surface area contributed by atoms with Crippen molar-refractivity contribution in [3.8, 4) is 0 Å². The summed E-state index contributed by atoms with van der Waals surface area (Å²) in [5.41, 5.74) is 0. The highest BCUT2D eigenvalue weighted by molar-refractivity contribution is 5.71. The summed E-state index contributed by atoms with van der Waals surface area (Å²) in [6.07, 6.45) is 75.1. The molecule has 0 aliphatic heterocycles. The molecule has 1 atom stereocenters. The average Bonchev–Trinajstić information content (AvgIpc) is 3.34. The Morgan fingerprint density at radius 3 is 1.10 bits per heavy atom. The Hall–Kier alpha value is -3.93. The highest BCUT2D eigenvalue weighted by Gasteiger charge is 2.19. The van der Waals surface area contributed by atoms with E-state index in [-0.39, 0.29) is 37.5 Å². The van der Waals surface area contributed by atoms with Gasteiger partial charge in [-0.3, -0.25) is 14.4 Å². The van der Waals surface area contributed by atoms with E-state index in [1.165, 1.54) is 96.3 Å². The average molecular weight is 943 g/mol. The zero-order valence-corrected chi connectivity index (χ0v) is 44.1. The SMILES string of the molecule is CC/C=C\C/C=C\C/C=C\C/C=C\C/C=C\C/C=C\CCC(=O)OCC(COC(=O)CCCCCCCC/C=C\C=C/CCCCC)OC(=O)CCCCCCC/C=C\CCCCCCCCC. The zero-order chi connectivity index (χ0) is 49.3. The van der Waals surface area contributed by atoms with Crippen molar-refractivity contribution in [1.82, 2.24) is 0 Å². The number of hydrogen-bond acceptors (Lipinski definition) is 6. The number of hydrogen-bond donors (Lipinski definition) is 0. The van der Waals surface area contributed by atoms with Gasteiger partial charge in [0.15, 0.2) is 6.10 Å². The van der Waals surface area contributed by atoms with Crippen molar-refractivity contribution >= 4 is 17.9 Å². The number of ether oxygens (including phenoxy) is 3. The standard InChI is InChI=1S/C62H102O6/c1-4-7-10-13-16-19-22-25-28-30-31-32-35-37-40-43-46-49-52-55-61(64)67-58-59(57-66-60(63)54-51-48-45-42-39-36-33-27-24-21-18-15-12-9-6-3)68-62(65)56-53-50-47-44-41-38-34-29-26-23-20-17-14-11-8-5-2/h7,10,16,18-19,21,24-25,27-29,31-32,34,37,40,46,49,59H,4-6,8-9,11-15,17,20,22-23,26,30,33,35-36,38-39,41-45,47-48,50-58H2,1-3H3/b10-7-,19-16-,21-18-,27-24-,28-25-,32-31-,34-29-,40-37-,49-46-. The van der Waals surface area contributed by atoms with Crippen LogP contribution in [0.5, 0.6) is 0 Å². The van der Waals surface area contributed by atoms with E-state index in [1.54, 1.807) is 0 Å². The lowest BCUT2D eigenvalue weighted by atomic mass is 10.1. The Kier molecular flexibility index (Phi) is 52.4. The van der Waals surface area contributed by atoms with E-state index in [2.05, 4.69) is 124 Å². The minimum Gasteiger partial charge on any atom is -0.462 e. The second kappa shape index (κ2) is 55.7. The third kappa shape index (κ3) is 53.0. The molecule has 0 N–H and O–H groups in total. The molecule has 1 unspecified atom stereocenters. The van der Waals surface area contributed by atoms with Crippen LogP contribution in [0.1, 0.15) is 245 Å². The van der Waals surface area contributed by atoms with Crippen molar-refractivity contribution in [3.05, 3.63) is 109 Å². The molecular formula is C62H102O6. The first-order valence-electron chi connectivity index (χ1n) is 27.9. The highest BCUT2D eigenvalue weighted by Crippen LogP contribution is 2.13. The van der Waals surface area contributed by atoms with Gasteiger partial charge in [-0.25, -0.2) is 0 Å². The van der Waals surface area contributed by atoms with Crippen LogP contribution in [0.2, 0.25) is 0 Å². The molecule has 0 saturated carbocycles. The fourth-order valence-electron chi connectivity index (χ4n) is 7.34. The van der Waals surface area contributed by atoms with Crippen molar-refractivity contribution in [3.63, 3.8) is 0 Å². The number of rotatable bonds is 49. The highest BCUT2D eigenvalue weighted by atomic mass is 16.6. The Morgan fingerprint density at radius 2 is 0.647 bits per heavy atom. The summed E-state index contributed by atoms with van der Waals surface area (Å²) < 4.78 is 16.8. The lowest BCUT2D eigenvalue weighted by Crippen LogP contribution is -2.30. The molecule has 0 bridgehead atoms. The van der Waals surface area contributed by atoms with Crippen molar-refractivity contribution < 1.29 is 28.6 Å². The first-order valence-corrected chi connectivity index (χ1v) is 27.9. The van der Waals surface area contributed by atoms with Gasteiger partial charge in [0.1, 0.15) is 13.2 Å². The molecule has 0 rings (SSSR count).